The van der Waals surface area contributed by atoms with Crippen LogP contribution in [0.15, 0.2) is 72.8 Å². The number of hydrogen-bond donors (Lipinski definition) is 1. The number of ether oxygens (including phenoxy) is 1. The molecule has 0 aliphatic carbocycles. The van der Waals surface area contributed by atoms with Gasteiger partial charge in [0.2, 0.25) is 10.0 Å². The number of sulfonamides is 1. The zero-order valence-corrected chi connectivity index (χ0v) is 18.8. The quantitative estimate of drug-likeness (QED) is 0.530. The molecule has 0 atom stereocenters. The van der Waals surface area contributed by atoms with Gasteiger partial charge in [-0.15, -0.1) is 0 Å². The average molecular weight is 459 g/mol. The van der Waals surface area contributed by atoms with E-state index in [-0.39, 0.29) is 12.5 Å². The van der Waals surface area contributed by atoms with Gasteiger partial charge in [0.25, 0.3) is 5.91 Å². The molecular formula is C23H23ClN2O4S. The van der Waals surface area contributed by atoms with Crippen LogP contribution >= 0.6 is 11.6 Å². The Morgan fingerprint density at radius 2 is 1.71 bits per heavy atom. The topological polar surface area (TPSA) is 75.7 Å². The van der Waals surface area contributed by atoms with Crippen LogP contribution in [0.2, 0.25) is 5.02 Å². The van der Waals surface area contributed by atoms with Gasteiger partial charge >= 0.3 is 0 Å². The van der Waals surface area contributed by atoms with Gasteiger partial charge in [0.1, 0.15) is 0 Å². The highest BCUT2D eigenvalue weighted by atomic mass is 35.5. The van der Waals surface area contributed by atoms with Crippen LogP contribution in [0, 0.1) is 0 Å². The monoisotopic (exact) mass is 458 g/mol. The van der Waals surface area contributed by atoms with Crippen molar-refractivity contribution in [3.05, 3.63) is 94.5 Å². The summed E-state index contributed by atoms with van der Waals surface area (Å²) >= 11 is 6.02. The Morgan fingerprint density at radius 1 is 1.00 bits per heavy atom. The van der Waals surface area contributed by atoms with Crippen LogP contribution in [-0.2, 0) is 27.9 Å². The fourth-order valence-electron chi connectivity index (χ4n) is 3.07. The molecule has 3 aromatic carbocycles. The van der Waals surface area contributed by atoms with Crippen molar-refractivity contribution in [2.45, 2.75) is 13.2 Å². The second kappa shape index (κ2) is 9.96. The first-order chi connectivity index (χ1) is 14.8. The molecule has 0 bridgehead atoms. The number of rotatable bonds is 8. The van der Waals surface area contributed by atoms with E-state index in [0.717, 1.165) is 17.4 Å². The molecular weight excluding hydrogens is 436 g/mol. The molecule has 1 amide bonds. The zero-order chi connectivity index (χ0) is 22.4. The van der Waals surface area contributed by atoms with E-state index in [2.05, 4.69) is 5.32 Å². The van der Waals surface area contributed by atoms with E-state index in [1.54, 1.807) is 61.7 Å². The molecule has 3 rings (SSSR count). The molecule has 0 saturated carbocycles. The molecule has 8 heteroatoms. The van der Waals surface area contributed by atoms with E-state index in [1.807, 2.05) is 18.2 Å². The van der Waals surface area contributed by atoms with Gasteiger partial charge in [-0.3, -0.25) is 9.10 Å². The largest absolute Gasteiger partial charge is 0.380 e. The summed E-state index contributed by atoms with van der Waals surface area (Å²) in [5.41, 5.74) is 3.32. The van der Waals surface area contributed by atoms with Crippen LogP contribution in [0.3, 0.4) is 0 Å². The summed E-state index contributed by atoms with van der Waals surface area (Å²) in [4.78, 5) is 12.6. The summed E-state index contributed by atoms with van der Waals surface area (Å²) in [6.07, 6.45) is 1.15. The third kappa shape index (κ3) is 6.30. The maximum atomic E-state index is 12.6. The SMILES string of the molecule is COCc1cccc(NC(=O)c2ccc(CN(c3cccc(Cl)c3)S(C)(=O)=O)cc2)c1. The number of hydrogen-bond acceptors (Lipinski definition) is 4. The smallest absolute Gasteiger partial charge is 0.255 e. The van der Waals surface area contributed by atoms with Crippen molar-refractivity contribution in [1.29, 1.82) is 0 Å². The van der Waals surface area contributed by atoms with Gasteiger partial charge in [0, 0.05) is 23.4 Å². The Labute approximate surface area is 187 Å². The molecule has 0 aliphatic rings. The molecule has 0 saturated heterocycles. The third-order valence-corrected chi connectivity index (χ3v) is 5.91. The highest BCUT2D eigenvalue weighted by molar-refractivity contribution is 7.92. The Bertz CT molecular complexity index is 1160. The lowest BCUT2D eigenvalue weighted by molar-refractivity contribution is 0.102. The van der Waals surface area contributed by atoms with Crippen LogP contribution in [0.5, 0.6) is 0 Å². The summed E-state index contributed by atoms with van der Waals surface area (Å²) in [7, 11) is -1.91. The average Bonchev–Trinajstić information content (AvgIpc) is 2.72. The van der Waals surface area contributed by atoms with Crippen molar-refractivity contribution in [1.82, 2.24) is 0 Å². The molecule has 6 nitrogen and oxygen atoms in total. The van der Waals surface area contributed by atoms with E-state index in [1.165, 1.54) is 4.31 Å². The molecule has 0 fully saturated rings. The molecule has 0 aromatic heterocycles. The van der Waals surface area contributed by atoms with Gasteiger partial charge in [-0.1, -0.05) is 41.9 Å². The lowest BCUT2D eigenvalue weighted by Crippen LogP contribution is -2.29. The predicted molar refractivity (Wildman–Crippen MR) is 124 cm³/mol. The van der Waals surface area contributed by atoms with Crippen LogP contribution < -0.4 is 9.62 Å². The fourth-order valence-corrected chi connectivity index (χ4v) is 4.13. The first-order valence-electron chi connectivity index (χ1n) is 9.48. The molecule has 0 spiro atoms. The molecule has 0 aliphatic heterocycles. The molecule has 0 radical (unpaired) electrons. The summed E-state index contributed by atoms with van der Waals surface area (Å²) in [6.45, 7) is 0.585. The summed E-state index contributed by atoms with van der Waals surface area (Å²) in [6, 6.07) is 20.9. The van der Waals surface area contributed by atoms with Gasteiger partial charge in [0.05, 0.1) is 25.1 Å². The first kappa shape index (κ1) is 22.8. The first-order valence-corrected chi connectivity index (χ1v) is 11.7. The Balaban J connectivity index is 1.74. The van der Waals surface area contributed by atoms with Gasteiger partial charge < -0.3 is 10.1 Å². The summed E-state index contributed by atoms with van der Waals surface area (Å²) < 4.78 is 31.0. The van der Waals surface area contributed by atoms with Gasteiger partial charge in [0.15, 0.2) is 0 Å². The lowest BCUT2D eigenvalue weighted by atomic mass is 10.1. The number of carbonyl (C=O) groups is 1. The van der Waals surface area contributed by atoms with Crippen LogP contribution in [0.25, 0.3) is 0 Å². The second-order valence-corrected chi connectivity index (χ2v) is 9.38. The number of carbonyl (C=O) groups excluding carboxylic acids is 1. The Hall–Kier alpha value is -2.87. The maximum absolute atomic E-state index is 12.6. The van der Waals surface area contributed by atoms with Crippen molar-refractivity contribution in [2.24, 2.45) is 0 Å². The highest BCUT2D eigenvalue weighted by Gasteiger charge is 2.18. The molecule has 1 N–H and O–H groups in total. The normalized spacial score (nSPS) is 11.2. The molecule has 31 heavy (non-hydrogen) atoms. The van der Waals surface area contributed by atoms with Crippen molar-refractivity contribution in [3.63, 3.8) is 0 Å². The van der Waals surface area contributed by atoms with Gasteiger partial charge in [-0.25, -0.2) is 8.42 Å². The number of halogens is 1. The van der Waals surface area contributed by atoms with Gasteiger partial charge in [-0.05, 0) is 53.6 Å². The zero-order valence-electron chi connectivity index (χ0n) is 17.2. The number of anilines is 2. The molecule has 162 valence electrons. The number of nitrogens with one attached hydrogen (secondary N) is 1. The van der Waals surface area contributed by atoms with Gasteiger partial charge in [-0.2, -0.15) is 0 Å². The molecule has 0 heterocycles. The van der Waals surface area contributed by atoms with E-state index in [0.29, 0.717) is 28.6 Å². The number of amides is 1. The summed E-state index contributed by atoms with van der Waals surface area (Å²) in [5.74, 6) is -0.254. The number of benzene rings is 3. The maximum Gasteiger partial charge on any atom is 0.255 e. The van der Waals surface area contributed by atoms with Crippen LogP contribution in [-0.4, -0.2) is 27.7 Å². The van der Waals surface area contributed by atoms with Crippen molar-refractivity contribution in [2.75, 3.05) is 23.0 Å². The van der Waals surface area contributed by atoms with E-state index in [9.17, 15) is 13.2 Å². The van der Waals surface area contributed by atoms with Crippen molar-refractivity contribution < 1.29 is 17.9 Å². The van der Waals surface area contributed by atoms with Crippen molar-refractivity contribution in [3.8, 4) is 0 Å². The minimum Gasteiger partial charge on any atom is -0.380 e. The minimum atomic E-state index is -3.52. The predicted octanol–water partition coefficient (Wildman–Crippen LogP) is 4.70. The number of methoxy groups -OCH3 is 1. The lowest BCUT2D eigenvalue weighted by Gasteiger charge is -2.22. The highest BCUT2D eigenvalue weighted by Crippen LogP contribution is 2.24. The van der Waals surface area contributed by atoms with Crippen molar-refractivity contribution >= 4 is 38.9 Å². The molecule has 0 unspecified atom stereocenters. The Kier molecular flexibility index (Phi) is 7.33. The van der Waals surface area contributed by atoms with E-state index >= 15 is 0 Å². The Morgan fingerprint density at radius 3 is 2.35 bits per heavy atom. The standard InChI is InChI=1S/C23H23ClN2O4S/c1-30-16-18-5-3-7-21(13-18)25-23(27)19-11-9-17(10-12-19)15-26(31(2,28)29)22-8-4-6-20(24)14-22/h3-14H,15-16H2,1-2H3,(H,25,27). The van der Waals surface area contributed by atoms with E-state index < -0.39 is 10.0 Å². The minimum absolute atomic E-state index is 0.125. The van der Waals surface area contributed by atoms with E-state index in [4.69, 9.17) is 16.3 Å². The molecule has 3 aromatic rings. The van der Waals surface area contributed by atoms with Crippen LogP contribution in [0.1, 0.15) is 21.5 Å². The second-order valence-electron chi connectivity index (χ2n) is 7.03. The number of nitrogens with zero attached hydrogens (tertiary/aromatic N) is 1. The summed E-state index contributed by atoms with van der Waals surface area (Å²) in [5, 5.41) is 3.31. The van der Waals surface area contributed by atoms with Crippen LogP contribution in [0.4, 0.5) is 11.4 Å². The fraction of sp³-hybridized carbons (Fsp3) is 0.174. The third-order valence-electron chi connectivity index (χ3n) is 4.53.